The highest BCUT2D eigenvalue weighted by molar-refractivity contribution is 5.92. The van der Waals surface area contributed by atoms with Crippen molar-refractivity contribution in [2.75, 3.05) is 0 Å². The Balaban J connectivity index is 5.96. The Morgan fingerprint density at radius 2 is 1.43 bits per heavy atom. The van der Waals surface area contributed by atoms with Gasteiger partial charge in [-0.3, -0.25) is 0 Å². The maximum absolute atomic E-state index is 12.9. The molecule has 0 aliphatic rings. The van der Waals surface area contributed by atoms with E-state index < -0.39 is 6.10 Å². The average Bonchev–Trinajstić information content (AvgIpc) is 2.43. The third-order valence-electron chi connectivity index (χ3n) is 6.26. The zero-order chi connectivity index (χ0) is 22.7. The van der Waals surface area contributed by atoms with Crippen molar-refractivity contribution in [3.63, 3.8) is 0 Å². The zero-order valence-electron chi connectivity index (χ0n) is 20.6. The molecule has 0 amide bonds. The summed E-state index contributed by atoms with van der Waals surface area (Å²) in [6.07, 6.45) is 2.24. The van der Waals surface area contributed by atoms with Crippen molar-refractivity contribution in [3.8, 4) is 0 Å². The van der Waals surface area contributed by atoms with Crippen LogP contribution in [0.4, 0.5) is 0 Å². The van der Waals surface area contributed by atoms with E-state index in [9.17, 15) is 9.90 Å². The number of rotatable bonds is 8. The van der Waals surface area contributed by atoms with Gasteiger partial charge >= 0.3 is 5.97 Å². The smallest absolute Gasteiger partial charge is 0.338 e. The Morgan fingerprint density at radius 1 is 0.964 bits per heavy atom. The monoisotopic (exact) mass is 394 g/mol. The molecule has 2 atom stereocenters. The molecule has 28 heavy (non-hydrogen) atoms. The van der Waals surface area contributed by atoms with E-state index in [0.29, 0.717) is 12.0 Å². The van der Waals surface area contributed by atoms with Crippen molar-refractivity contribution in [1.82, 2.24) is 0 Å². The van der Waals surface area contributed by atoms with Crippen molar-refractivity contribution < 1.29 is 14.6 Å². The van der Waals surface area contributed by atoms with E-state index in [-0.39, 0.29) is 33.7 Å². The Bertz CT molecular complexity index is 576. The van der Waals surface area contributed by atoms with Crippen molar-refractivity contribution in [1.29, 1.82) is 0 Å². The number of carbonyl (C=O) groups is 1. The minimum absolute atomic E-state index is 0.000254. The zero-order valence-corrected chi connectivity index (χ0v) is 20.6. The number of hydrogen-bond acceptors (Lipinski definition) is 3. The Hall–Kier alpha value is -1.09. The fraction of sp³-hybridized carbons (Fsp3) is 0.800. The highest BCUT2D eigenvalue weighted by Gasteiger charge is 2.48. The van der Waals surface area contributed by atoms with E-state index in [1.807, 2.05) is 13.8 Å². The fourth-order valence-electron chi connectivity index (χ4n) is 3.17. The molecule has 0 radical (unpaired) electrons. The van der Waals surface area contributed by atoms with E-state index in [2.05, 4.69) is 75.8 Å². The lowest BCUT2D eigenvalue weighted by molar-refractivity contribution is -0.161. The first-order valence-electron chi connectivity index (χ1n) is 10.5. The third-order valence-corrected chi connectivity index (χ3v) is 6.26. The number of ether oxygens (including phenoxy) is 1. The van der Waals surface area contributed by atoms with Gasteiger partial charge in [0.25, 0.3) is 0 Å². The van der Waals surface area contributed by atoms with Crippen LogP contribution in [0.5, 0.6) is 0 Å². The van der Waals surface area contributed by atoms with Gasteiger partial charge in [-0.2, -0.15) is 0 Å². The number of carbonyl (C=O) groups excluding carboxylic acids is 1. The minimum Gasteiger partial charge on any atom is -0.458 e. The van der Waals surface area contributed by atoms with Gasteiger partial charge < -0.3 is 9.84 Å². The van der Waals surface area contributed by atoms with Gasteiger partial charge in [-0.05, 0) is 42.9 Å². The predicted molar refractivity (Wildman–Crippen MR) is 120 cm³/mol. The quantitative estimate of drug-likeness (QED) is 0.283. The minimum atomic E-state index is -0.436. The summed E-state index contributed by atoms with van der Waals surface area (Å²) in [5, 5.41) is 10.8. The molecule has 0 aliphatic heterocycles. The second kappa shape index (κ2) is 9.15. The van der Waals surface area contributed by atoms with Gasteiger partial charge in [0.05, 0.1) is 11.7 Å². The summed E-state index contributed by atoms with van der Waals surface area (Å²) in [5.74, 6) is -0.315. The molecule has 2 unspecified atom stereocenters. The summed E-state index contributed by atoms with van der Waals surface area (Å²) >= 11 is 0. The topological polar surface area (TPSA) is 46.5 Å². The number of aliphatic hydroxyl groups is 1. The average molecular weight is 395 g/mol. The summed E-state index contributed by atoms with van der Waals surface area (Å²) in [7, 11) is 0. The van der Waals surface area contributed by atoms with Crippen LogP contribution in [0.15, 0.2) is 23.8 Å². The molecule has 0 rings (SSSR count). The normalized spacial score (nSPS) is 15.6. The van der Waals surface area contributed by atoms with Crippen LogP contribution in [0.3, 0.4) is 0 Å². The summed E-state index contributed by atoms with van der Waals surface area (Å²) in [6.45, 7) is 28.9. The SMILES string of the molecule is C=CC(C(=O)OC(CC(C)(C)C)C(C)(C)C(C)(C)CC(O)C(C)(C)C)=C(C)C. The molecule has 0 heterocycles. The van der Waals surface area contributed by atoms with E-state index in [4.69, 9.17) is 4.74 Å². The molecule has 0 aliphatic carbocycles. The Morgan fingerprint density at radius 3 is 1.75 bits per heavy atom. The van der Waals surface area contributed by atoms with E-state index in [1.165, 1.54) is 0 Å². The molecule has 3 nitrogen and oxygen atoms in total. The number of hydrogen-bond donors (Lipinski definition) is 1. The van der Waals surface area contributed by atoms with Crippen molar-refractivity contribution in [2.45, 2.75) is 108 Å². The van der Waals surface area contributed by atoms with Crippen LogP contribution in [-0.2, 0) is 9.53 Å². The fourth-order valence-corrected chi connectivity index (χ4v) is 3.17. The number of allylic oxidation sites excluding steroid dienone is 1. The molecule has 0 bridgehead atoms. The van der Waals surface area contributed by atoms with Crippen molar-refractivity contribution in [3.05, 3.63) is 23.8 Å². The largest absolute Gasteiger partial charge is 0.458 e. The second-order valence-corrected chi connectivity index (χ2v) is 12.0. The van der Waals surface area contributed by atoms with Crippen LogP contribution >= 0.6 is 0 Å². The lowest BCUT2D eigenvalue weighted by atomic mass is 9.59. The second-order valence-electron chi connectivity index (χ2n) is 12.0. The Kier molecular flexibility index (Phi) is 8.80. The molecule has 0 saturated carbocycles. The summed E-state index contributed by atoms with van der Waals surface area (Å²) in [5.41, 5.74) is 0.657. The van der Waals surface area contributed by atoms with Crippen LogP contribution in [0, 0.1) is 21.7 Å². The molecule has 3 heteroatoms. The van der Waals surface area contributed by atoms with E-state index in [1.54, 1.807) is 6.08 Å². The van der Waals surface area contributed by atoms with Crippen LogP contribution in [0.1, 0.15) is 95.9 Å². The number of esters is 1. The first-order chi connectivity index (χ1) is 12.3. The first-order valence-corrected chi connectivity index (χ1v) is 10.5. The lowest BCUT2D eigenvalue weighted by Crippen LogP contribution is -2.48. The van der Waals surface area contributed by atoms with Crippen LogP contribution < -0.4 is 0 Å². The summed E-state index contributed by atoms with van der Waals surface area (Å²) in [6, 6.07) is 0. The highest BCUT2D eigenvalue weighted by Crippen LogP contribution is 2.49. The molecule has 0 saturated heterocycles. The third kappa shape index (κ3) is 7.39. The van der Waals surface area contributed by atoms with Crippen LogP contribution in [0.2, 0.25) is 0 Å². The van der Waals surface area contributed by atoms with Gasteiger partial charge in [0.15, 0.2) is 0 Å². The maximum atomic E-state index is 12.9. The van der Waals surface area contributed by atoms with Gasteiger partial charge in [-0.15, -0.1) is 0 Å². The Labute approximate surface area is 174 Å². The molecule has 0 fully saturated rings. The van der Waals surface area contributed by atoms with Crippen molar-refractivity contribution >= 4 is 5.97 Å². The van der Waals surface area contributed by atoms with Gasteiger partial charge in [0.1, 0.15) is 6.10 Å². The standard InChI is InChI=1S/C25H46O3/c1-14-18(17(2)3)21(27)28-20(16-22(4,5)6)25(12,13)24(10,11)15-19(26)23(7,8)9/h14,19-20,26H,1,15-16H2,2-13H3. The highest BCUT2D eigenvalue weighted by atomic mass is 16.5. The van der Waals surface area contributed by atoms with Crippen molar-refractivity contribution in [2.24, 2.45) is 21.7 Å². The van der Waals surface area contributed by atoms with Gasteiger partial charge in [0.2, 0.25) is 0 Å². The van der Waals surface area contributed by atoms with Gasteiger partial charge in [-0.25, -0.2) is 4.79 Å². The van der Waals surface area contributed by atoms with Crippen LogP contribution in [-0.4, -0.2) is 23.3 Å². The predicted octanol–water partition coefficient (Wildman–Crippen LogP) is 6.71. The lowest BCUT2D eigenvalue weighted by Gasteiger charge is -2.49. The molecule has 164 valence electrons. The molecule has 0 spiro atoms. The molecule has 0 aromatic heterocycles. The molecule has 0 aromatic carbocycles. The van der Waals surface area contributed by atoms with E-state index >= 15 is 0 Å². The van der Waals surface area contributed by atoms with Crippen LogP contribution in [0.25, 0.3) is 0 Å². The van der Waals surface area contributed by atoms with E-state index in [0.717, 1.165) is 12.0 Å². The molecule has 1 N–H and O–H groups in total. The molecule has 0 aromatic rings. The maximum Gasteiger partial charge on any atom is 0.338 e. The summed E-state index contributed by atoms with van der Waals surface area (Å²) < 4.78 is 6.11. The van der Waals surface area contributed by atoms with Gasteiger partial charge in [-0.1, -0.05) is 87.5 Å². The summed E-state index contributed by atoms with van der Waals surface area (Å²) in [4.78, 5) is 12.9. The molecular formula is C25H46O3. The number of aliphatic hydroxyl groups excluding tert-OH is 1. The molecular weight excluding hydrogens is 348 g/mol. The first kappa shape index (κ1) is 26.9. The van der Waals surface area contributed by atoms with Gasteiger partial charge in [0, 0.05) is 5.41 Å².